The highest BCUT2D eigenvalue weighted by Crippen LogP contribution is 2.21. The van der Waals surface area contributed by atoms with Crippen LogP contribution in [0.4, 0.5) is 5.69 Å². The monoisotopic (exact) mass is 241 g/mol. The molecule has 0 fully saturated rings. The minimum absolute atomic E-state index is 0.276. The standard InChI is InChI=1S/C16H19NO/c1-12-4-8-15(9-5-12)17-13(2)14-6-10-16(18-3)11-7-14/h4-11,13,17H,1-3H3. The second kappa shape index (κ2) is 5.58. The van der Waals surface area contributed by atoms with Gasteiger partial charge in [-0.1, -0.05) is 29.8 Å². The van der Waals surface area contributed by atoms with E-state index >= 15 is 0 Å². The van der Waals surface area contributed by atoms with Gasteiger partial charge in [0.15, 0.2) is 0 Å². The van der Waals surface area contributed by atoms with Crippen LogP contribution in [0.2, 0.25) is 0 Å². The number of aryl methyl sites for hydroxylation is 1. The van der Waals surface area contributed by atoms with Crippen molar-refractivity contribution in [2.45, 2.75) is 19.9 Å². The molecule has 2 aromatic carbocycles. The third-order valence-electron chi connectivity index (χ3n) is 3.05. The van der Waals surface area contributed by atoms with Crippen LogP contribution in [0.1, 0.15) is 24.1 Å². The minimum Gasteiger partial charge on any atom is -0.497 e. The van der Waals surface area contributed by atoms with Crippen LogP contribution in [0, 0.1) is 6.92 Å². The number of methoxy groups -OCH3 is 1. The highest BCUT2D eigenvalue weighted by atomic mass is 16.5. The quantitative estimate of drug-likeness (QED) is 0.867. The summed E-state index contributed by atoms with van der Waals surface area (Å²) < 4.78 is 5.16. The Morgan fingerprint density at radius 2 is 1.56 bits per heavy atom. The molecule has 18 heavy (non-hydrogen) atoms. The summed E-state index contributed by atoms with van der Waals surface area (Å²) in [4.78, 5) is 0. The number of anilines is 1. The van der Waals surface area contributed by atoms with Gasteiger partial charge in [-0.05, 0) is 43.7 Å². The van der Waals surface area contributed by atoms with Crippen molar-refractivity contribution in [3.8, 4) is 5.75 Å². The summed E-state index contributed by atoms with van der Waals surface area (Å²) in [6.45, 7) is 4.25. The van der Waals surface area contributed by atoms with E-state index in [2.05, 4.69) is 55.6 Å². The first-order valence-corrected chi connectivity index (χ1v) is 6.16. The zero-order valence-electron chi connectivity index (χ0n) is 11.1. The highest BCUT2D eigenvalue weighted by Gasteiger charge is 2.05. The maximum atomic E-state index is 5.16. The lowest BCUT2D eigenvalue weighted by atomic mass is 10.1. The van der Waals surface area contributed by atoms with E-state index in [1.807, 2.05) is 12.1 Å². The summed E-state index contributed by atoms with van der Waals surface area (Å²) in [7, 11) is 1.68. The summed E-state index contributed by atoms with van der Waals surface area (Å²) in [6.07, 6.45) is 0. The van der Waals surface area contributed by atoms with E-state index in [0.717, 1.165) is 11.4 Å². The summed E-state index contributed by atoms with van der Waals surface area (Å²) in [5.74, 6) is 0.890. The molecule has 0 saturated carbocycles. The zero-order chi connectivity index (χ0) is 13.0. The van der Waals surface area contributed by atoms with Crippen LogP contribution in [0.5, 0.6) is 5.75 Å². The van der Waals surface area contributed by atoms with Gasteiger partial charge in [-0.15, -0.1) is 0 Å². The van der Waals surface area contributed by atoms with Crippen molar-refractivity contribution < 1.29 is 4.74 Å². The summed E-state index contributed by atoms with van der Waals surface area (Å²) in [5, 5.41) is 3.48. The van der Waals surface area contributed by atoms with E-state index < -0.39 is 0 Å². The number of benzene rings is 2. The molecule has 1 atom stereocenters. The molecule has 0 radical (unpaired) electrons. The van der Waals surface area contributed by atoms with E-state index in [4.69, 9.17) is 4.74 Å². The van der Waals surface area contributed by atoms with Crippen molar-refractivity contribution in [2.75, 3.05) is 12.4 Å². The average Bonchev–Trinajstić information content (AvgIpc) is 2.41. The van der Waals surface area contributed by atoms with Crippen LogP contribution >= 0.6 is 0 Å². The van der Waals surface area contributed by atoms with E-state index in [-0.39, 0.29) is 6.04 Å². The van der Waals surface area contributed by atoms with E-state index in [1.165, 1.54) is 11.1 Å². The number of hydrogen-bond donors (Lipinski definition) is 1. The lowest BCUT2D eigenvalue weighted by Crippen LogP contribution is -2.06. The van der Waals surface area contributed by atoms with Gasteiger partial charge in [-0.3, -0.25) is 0 Å². The molecule has 2 aromatic rings. The highest BCUT2D eigenvalue weighted by molar-refractivity contribution is 5.46. The maximum Gasteiger partial charge on any atom is 0.118 e. The van der Waals surface area contributed by atoms with Gasteiger partial charge in [-0.2, -0.15) is 0 Å². The van der Waals surface area contributed by atoms with Crippen molar-refractivity contribution in [2.24, 2.45) is 0 Å². The van der Waals surface area contributed by atoms with Crippen molar-refractivity contribution >= 4 is 5.69 Å². The first-order chi connectivity index (χ1) is 8.69. The smallest absolute Gasteiger partial charge is 0.118 e. The Hall–Kier alpha value is -1.96. The second-order valence-corrected chi connectivity index (χ2v) is 4.51. The number of ether oxygens (including phenoxy) is 1. The minimum atomic E-state index is 0.276. The van der Waals surface area contributed by atoms with Crippen LogP contribution in [0.3, 0.4) is 0 Å². The Kier molecular flexibility index (Phi) is 3.88. The van der Waals surface area contributed by atoms with Gasteiger partial charge in [0, 0.05) is 11.7 Å². The lowest BCUT2D eigenvalue weighted by molar-refractivity contribution is 0.414. The average molecular weight is 241 g/mol. The van der Waals surface area contributed by atoms with Crippen molar-refractivity contribution in [3.05, 3.63) is 59.7 Å². The second-order valence-electron chi connectivity index (χ2n) is 4.51. The van der Waals surface area contributed by atoms with Gasteiger partial charge < -0.3 is 10.1 Å². The van der Waals surface area contributed by atoms with Gasteiger partial charge in [0.1, 0.15) is 5.75 Å². The fourth-order valence-electron chi connectivity index (χ4n) is 1.88. The molecule has 2 nitrogen and oxygen atoms in total. The van der Waals surface area contributed by atoms with Gasteiger partial charge >= 0.3 is 0 Å². The number of nitrogens with one attached hydrogen (secondary N) is 1. The fourth-order valence-corrected chi connectivity index (χ4v) is 1.88. The van der Waals surface area contributed by atoms with Gasteiger partial charge in [0.25, 0.3) is 0 Å². The van der Waals surface area contributed by atoms with Crippen LogP contribution in [-0.4, -0.2) is 7.11 Å². The van der Waals surface area contributed by atoms with Gasteiger partial charge in [0.05, 0.1) is 7.11 Å². The van der Waals surface area contributed by atoms with Crippen molar-refractivity contribution in [1.82, 2.24) is 0 Å². The molecule has 2 rings (SSSR count). The Morgan fingerprint density at radius 3 is 2.11 bits per heavy atom. The number of rotatable bonds is 4. The molecular weight excluding hydrogens is 222 g/mol. The summed E-state index contributed by atoms with van der Waals surface area (Å²) in [5.41, 5.74) is 3.66. The van der Waals surface area contributed by atoms with Crippen LogP contribution in [0.15, 0.2) is 48.5 Å². The van der Waals surface area contributed by atoms with Crippen LogP contribution < -0.4 is 10.1 Å². The SMILES string of the molecule is COc1ccc(C(C)Nc2ccc(C)cc2)cc1. The molecule has 1 N–H and O–H groups in total. The molecule has 2 heteroatoms. The van der Waals surface area contributed by atoms with Gasteiger partial charge in [0.2, 0.25) is 0 Å². The Balaban J connectivity index is 2.06. The predicted octanol–water partition coefficient (Wildman–Crippen LogP) is 4.18. The molecule has 0 aliphatic heterocycles. The normalized spacial score (nSPS) is 11.9. The Labute approximate surface area is 109 Å². The molecule has 94 valence electrons. The van der Waals surface area contributed by atoms with Crippen molar-refractivity contribution in [1.29, 1.82) is 0 Å². The molecule has 1 unspecified atom stereocenters. The van der Waals surface area contributed by atoms with E-state index in [9.17, 15) is 0 Å². The van der Waals surface area contributed by atoms with Gasteiger partial charge in [-0.25, -0.2) is 0 Å². The maximum absolute atomic E-state index is 5.16. The Morgan fingerprint density at radius 1 is 0.944 bits per heavy atom. The molecule has 0 spiro atoms. The Bertz CT molecular complexity index is 488. The first kappa shape index (κ1) is 12.5. The van der Waals surface area contributed by atoms with E-state index in [0.29, 0.717) is 0 Å². The largest absolute Gasteiger partial charge is 0.497 e. The van der Waals surface area contributed by atoms with E-state index in [1.54, 1.807) is 7.11 Å². The molecule has 0 saturated heterocycles. The molecule has 0 aromatic heterocycles. The third-order valence-corrected chi connectivity index (χ3v) is 3.05. The lowest BCUT2D eigenvalue weighted by Gasteiger charge is -2.16. The first-order valence-electron chi connectivity index (χ1n) is 6.16. The molecule has 0 bridgehead atoms. The molecular formula is C16H19NO. The molecule has 0 aliphatic rings. The molecule has 0 amide bonds. The number of hydrogen-bond acceptors (Lipinski definition) is 2. The summed E-state index contributed by atoms with van der Waals surface area (Å²) >= 11 is 0. The zero-order valence-corrected chi connectivity index (χ0v) is 11.1. The summed E-state index contributed by atoms with van der Waals surface area (Å²) in [6, 6.07) is 16.9. The third kappa shape index (κ3) is 3.04. The topological polar surface area (TPSA) is 21.3 Å². The molecule has 0 heterocycles. The predicted molar refractivity (Wildman–Crippen MR) is 76.2 cm³/mol. The van der Waals surface area contributed by atoms with Crippen LogP contribution in [0.25, 0.3) is 0 Å². The van der Waals surface area contributed by atoms with Crippen LogP contribution in [-0.2, 0) is 0 Å². The molecule has 0 aliphatic carbocycles. The fraction of sp³-hybridized carbons (Fsp3) is 0.250. The van der Waals surface area contributed by atoms with Crippen molar-refractivity contribution in [3.63, 3.8) is 0 Å².